The van der Waals surface area contributed by atoms with Gasteiger partial charge in [-0.3, -0.25) is 0 Å². The molecule has 28 heavy (non-hydrogen) atoms. The van der Waals surface area contributed by atoms with Crippen molar-refractivity contribution in [3.8, 4) is 5.75 Å². The normalized spacial score (nSPS) is 11.3. The van der Waals surface area contributed by atoms with Gasteiger partial charge in [-0.2, -0.15) is 13.5 Å². The summed E-state index contributed by atoms with van der Waals surface area (Å²) in [4.78, 5) is 14.4. The van der Waals surface area contributed by atoms with Gasteiger partial charge >= 0.3 is 5.97 Å². The fraction of sp³-hybridized carbons (Fsp3) is 0.0476. The fourth-order valence-electron chi connectivity index (χ4n) is 2.30. The van der Waals surface area contributed by atoms with E-state index in [0.29, 0.717) is 16.9 Å². The highest BCUT2D eigenvalue weighted by Crippen LogP contribution is 2.14. The van der Waals surface area contributed by atoms with Gasteiger partial charge in [0.1, 0.15) is 5.75 Å². The Bertz CT molecular complexity index is 1080. The number of hydrogen-bond acceptors (Lipinski definition) is 5. The average molecular weight is 394 g/mol. The van der Waals surface area contributed by atoms with Gasteiger partial charge in [0.25, 0.3) is 10.0 Å². The predicted octanol–water partition coefficient (Wildman–Crippen LogP) is 3.53. The molecule has 0 atom stereocenters. The van der Waals surface area contributed by atoms with Crippen molar-refractivity contribution in [3.63, 3.8) is 0 Å². The maximum Gasteiger partial charge on any atom is 0.343 e. The van der Waals surface area contributed by atoms with Crippen LogP contribution >= 0.6 is 0 Å². The van der Waals surface area contributed by atoms with Crippen LogP contribution in [-0.4, -0.2) is 20.6 Å². The molecule has 0 aliphatic heterocycles. The second kappa shape index (κ2) is 8.49. The average Bonchev–Trinajstić information content (AvgIpc) is 2.70. The number of ether oxygens (including phenoxy) is 1. The highest BCUT2D eigenvalue weighted by atomic mass is 32.2. The number of hydrogen-bond donors (Lipinski definition) is 1. The molecule has 6 nitrogen and oxygen atoms in total. The minimum absolute atomic E-state index is 0.130. The molecule has 0 amide bonds. The molecular formula is C21H18N2O4S. The van der Waals surface area contributed by atoms with Crippen molar-refractivity contribution >= 4 is 22.2 Å². The van der Waals surface area contributed by atoms with Crippen LogP contribution in [0.4, 0.5) is 0 Å². The summed E-state index contributed by atoms with van der Waals surface area (Å²) in [6.45, 7) is 1.94. The highest BCUT2D eigenvalue weighted by molar-refractivity contribution is 7.89. The van der Waals surface area contributed by atoms with Gasteiger partial charge in [0.05, 0.1) is 16.7 Å². The minimum atomic E-state index is -3.71. The highest BCUT2D eigenvalue weighted by Gasteiger charge is 2.11. The molecule has 0 unspecified atom stereocenters. The molecule has 0 heterocycles. The molecule has 0 saturated carbocycles. The quantitative estimate of drug-likeness (QED) is 0.300. The monoisotopic (exact) mass is 394 g/mol. The number of carbonyl (C=O) groups excluding carboxylic acids is 1. The van der Waals surface area contributed by atoms with Gasteiger partial charge in [-0.05, 0) is 61.0 Å². The van der Waals surface area contributed by atoms with Gasteiger partial charge in [0.15, 0.2) is 0 Å². The number of esters is 1. The van der Waals surface area contributed by atoms with Crippen LogP contribution in [0.25, 0.3) is 0 Å². The van der Waals surface area contributed by atoms with E-state index in [-0.39, 0.29) is 4.90 Å². The predicted molar refractivity (Wildman–Crippen MR) is 107 cm³/mol. The molecule has 0 aromatic heterocycles. The van der Waals surface area contributed by atoms with E-state index in [1.807, 2.05) is 19.1 Å². The molecule has 1 N–H and O–H groups in total. The van der Waals surface area contributed by atoms with E-state index in [0.717, 1.165) is 5.56 Å². The molecule has 3 rings (SSSR count). The van der Waals surface area contributed by atoms with Crippen molar-refractivity contribution in [3.05, 3.63) is 95.6 Å². The van der Waals surface area contributed by atoms with Crippen LogP contribution in [-0.2, 0) is 10.0 Å². The van der Waals surface area contributed by atoms with Gasteiger partial charge in [-0.1, -0.05) is 35.9 Å². The first kappa shape index (κ1) is 19.3. The molecule has 7 heteroatoms. The van der Waals surface area contributed by atoms with E-state index < -0.39 is 16.0 Å². The smallest absolute Gasteiger partial charge is 0.343 e. The van der Waals surface area contributed by atoms with Gasteiger partial charge in [-0.15, -0.1) is 0 Å². The SMILES string of the molecule is Cc1ccc(C(=O)Oc2ccc(/C=N\NS(=O)(=O)c3ccccc3)cc2)cc1. The van der Waals surface area contributed by atoms with Gasteiger partial charge < -0.3 is 4.74 Å². The van der Waals surface area contributed by atoms with Crippen LogP contribution < -0.4 is 9.57 Å². The van der Waals surface area contributed by atoms with E-state index in [9.17, 15) is 13.2 Å². The van der Waals surface area contributed by atoms with Crippen molar-refractivity contribution in [1.29, 1.82) is 0 Å². The largest absolute Gasteiger partial charge is 0.423 e. The van der Waals surface area contributed by atoms with Gasteiger partial charge in [0.2, 0.25) is 0 Å². The molecule has 0 aliphatic carbocycles. The standard InChI is InChI=1S/C21H18N2O4S/c1-16-7-11-18(12-8-16)21(24)27-19-13-9-17(10-14-19)15-22-23-28(25,26)20-5-3-2-4-6-20/h2-15,23H,1H3/b22-15-. The zero-order chi connectivity index (χ0) is 20.0. The van der Waals surface area contributed by atoms with E-state index in [4.69, 9.17) is 4.74 Å². The Hall–Kier alpha value is -3.45. The number of hydrazone groups is 1. The third-order valence-corrected chi connectivity index (χ3v) is 5.06. The number of benzene rings is 3. The maximum atomic E-state index is 12.1. The van der Waals surface area contributed by atoms with Crippen molar-refractivity contribution in [1.82, 2.24) is 4.83 Å². The van der Waals surface area contributed by atoms with Crippen LogP contribution in [0.15, 0.2) is 88.9 Å². The molecule has 0 bridgehead atoms. The van der Waals surface area contributed by atoms with Crippen molar-refractivity contribution in [2.24, 2.45) is 5.10 Å². The van der Waals surface area contributed by atoms with E-state index in [1.165, 1.54) is 18.3 Å². The van der Waals surface area contributed by atoms with Crippen molar-refractivity contribution < 1.29 is 17.9 Å². The van der Waals surface area contributed by atoms with Crippen LogP contribution in [0.2, 0.25) is 0 Å². The lowest BCUT2D eigenvalue weighted by atomic mass is 10.1. The molecule has 142 valence electrons. The lowest BCUT2D eigenvalue weighted by Gasteiger charge is -2.05. The van der Waals surface area contributed by atoms with Gasteiger partial charge in [0, 0.05) is 0 Å². The first-order chi connectivity index (χ1) is 13.4. The molecule has 3 aromatic rings. The minimum Gasteiger partial charge on any atom is -0.423 e. The summed E-state index contributed by atoms with van der Waals surface area (Å²) >= 11 is 0. The van der Waals surface area contributed by atoms with Crippen molar-refractivity contribution in [2.75, 3.05) is 0 Å². The Balaban J connectivity index is 1.60. The number of rotatable bonds is 6. The molecule has 3 aromatic carbocycles. The summed E-state index contributed by atoms with van der Waals surface area (Å²) in [6.07, 6.45) is 1.37. The molecule has 0 spiro atoms. The van der Waals surface area contributed by atoms with Crippen LogP contribution in [0.1, 0.15) is 21.5 Å². The van der Waals surface area contributed by atoms with E-state index in [2.05, 4.69) is 9.93 Å². The third-order valence-electron chi connectivity index (χ3n) is 3.82. The first-order valence-corrected chi connectivity index (χ1v) is 9.91. The second-order valence-corrected chi connectivity index (χ2v) is 7.65. The summed E-state index contributed by atoms with van der Waals surface area (Å²) < 4.78 is 29.5. The van der Waals surface area contributed by atoms with Gasteiger partial charge in [-0.25, -0.2) is 9.63 Å². The lowest BCUT2D eigenvalue weighted by Crippen LogP contribution is -2.18. The zero-order valence-electron chi connectivity index (χ0n) is 15.1. The Morgan fingerprint density at radius 3 is 2.21 bits per heavy atom. The molecule has 0 radical (unpaired) electrons. The third kappa shape index (κ3) is 5.05. The molecule has 0 fully saturated rings. The number of sulfonamides is 1. The first-order valence-electron chi connectivity index (χ1n) is 8.43. The Morgan fingerprint density at radius 1 is 0.929 bits per heavy atom. The Labute approximate surface area is 163 Å². The zero-order valence-corrected chi connectivity index (χ0v) is 15.9. The fourth-order valence-corrected chi connectivity index (χ4v) is 3.11. The second-order valence-electron chi connectivity index (χ2n) is 5.99. The number of nitrogens with zero attached hydrogens (tertiary/aromatic N) is 1. The molecular weight excluding hydrogens is 376 g/mol. The topological polar surface area (TPSA) is 84.8 Å². The van der Waals surface area contributed by atoms with Crippen LogP contribution in [0.5, 0.6) is 5.75 Å². The van der Waals surface area contributed by atoms with E-state index >= 15 is 0 Å². The number of nitrogens with one attached hydrogen (secondary N) is 1. The van der Waals surface area contributed by atoms with Crippen LogP contribution in [0, 0.1) is 6.92 Å². The Morgan fingerprint density at radius 2 is 1.57 bits per heavy atom. The summed E-state index contributed by atoms with van der Waals surface area (Å²) in [5, 5.41) is 3.77. The van der Waals surface area contributed by atoms with Crippen molar-refractivity contribution in [2.45, 2.75) is 11.8 Å². The van der Waals surface area contributed by atoms with E-state index in [1.54, 1.807) is 54.6 Å². The lowest BCUT2D eigenvalue weighted by molar-refractivity contribution is 0.0734. The number of aryl methyl sites for hydroxylation is 1. The summed E-state index contributed by atoms with van der Waals surface area (Å²) in [6, 6.07) is 21.6. The maximum absolute atomic E-state index is 12.1. The summed E-state index contributed by atoms with van der Waals surface area (Å²) in [5.41, 5.74) is 2.17. The molecule has 0 aliphatic rings. The molecule has 0 saturated heterocycles. The Kier molecular flexibility index (Phi) is 5.86. The van der Waals surface area contributed by atoms with Crippen LogP contribution in [0.3, 0.4) is 0 Å². The summed E-state index contributed by atoms with van der Waals surface area (Å²) in [7, 11) is -3.71. The summed E-state index contributed by atoms with van der Waals surface area (Å²) in [5.74, 6) is -0.0652. The number of carbonyl (C=O) groups is 1.